The van der Waals surface area contributed by atoms with E-state index in [1.165, 1.54) is 27.3 Å². The topological polar surface area (TPSA) is 54.4 Å². The standard InChI is InChI=1S/C24H21ClN2O2/c1-2-29-21-12-15(11-19(25)24(21)28)23-18-13-26-10-9-17(18)22-16-6-4-3-5-14(16)7-8-20(22)27-23/h3-8,11-12,26,28H,2,9-10,13H2,1H3. The van der Waals surface area contributed by atoms with Crippen molar-refractivity contribution < 1.29 is 9.84 Å². The van der Waals surface area contributed by atoms with Crippen molar-refractivity contribution in [2.75, 3.05) is 13.2 Å². The summed E-state index contributed by atoms with van der Waals surface area (Å²) in [4.78, 5) is 5.05. The molecule has 1 aliphatic heterocycles. The summed E-state index contributed by atoms with van der Waals surface area (Å²) in [5.41, 5.74) is 5.23. The number of halogens is 1. The highest BCUT2D eigenvalue weighted by Gasteiger charge is 2.22. The zero-order valence-electron chi connectivity index (χ0n) is 16.1. The molecule has 0 radical (unpaired) electrons. The highest BCUT2D eigenvalue weighted by atomic mass is 35.5. The SMILES string of the molecule is CCOc1cc(-c2nc3ccc4ccccc4c3c3c2CNCC3)cc(Cl)c1O. The molecular formula is C24H21ClN2O2. The van der Waals surface area contributed by atoms with Crippen LogP contribution in [0.4, 0.5) is 0 Å². The molecule has 2 heterocycles. The molecule has 0 aliphatic carbocycles. The first-order valence-corrected chi connectivity index (χ1v) is 10.2. The van der Waals surface area contributed by atoms with Crippen LogP contribution in [0.5, 0.6) is 11.5 Å². The van der Waals surface area contributed by atoms with E-state index in [1.807, 2.05) is 13.0 Å². The smallest absolute Gasteiger partial charge is 0.176 e. The van der Waals surface area contributed by atoms with E-state index in [1.54, 1.807) is 6.07 Å². The fourth-order valence-corrected chi connectivity index (χ4v) is 4.47. The molecule has 0 saturated carbocycles. The third kappa shape index (κ3) is 3.00. The number of benzene rings is 3. The number of phenols is 1. The number of rotatable bonds is 3. The van der Waals surface area contributed by atoms with Crippen molar-refractivity contribution in [3.63, 3.8) is 0 Å². The lowest BCUT2D eigenvalue weighted by atomic mass is 9.90. The van der Waals surface area contributed by atoms with Crippen molar-refractivity contribution in [1.29, 1.82) is 0 Å². The lowest BCUT2D eigenvalue weighted by Crippen LogP contribution is -2.25. The summed E-state index contributed by atoms with van der Waals surface area (Å²) in [5.74, 6) is 0.351. The molecule has 2 N–H and O–H groups in total. The minimum absolute atomic E-state index is 0.0314. The highest BCUT2D eigenvalue weighted by molar-refractivity contribution is 6.32. The summed E-state index contributed by atoms with van der Waals surface area (Å²) >= 11 is 6.31. The van der Waals surface area contributed by atoms with Gasteiger partial charge in [0.1, 0.15) is 0 Å². The van der Waals surface area contributed by atoms with Gasteiger partial charge in [-0.05, 0) is 60.0 Å². The van der Waals surface area contributed by atoms with Gasteiger partial charge in [-0.15, -0.1) is 0 Å². The molecule has 0 unspecified atom stereocenters. The fraction of sp³-hybridized carbons (Fsp3) is 0.208. The monoisotopic (exact) mass is 404 g/mol. The van der Waals surface area contributed by atoms with Gasteiger partial charge in [0.05, 0.1) is 22.8 Å². The van der Waals surface area contributed by atoms with Crippen molar-refractivity contribution in [3.05, 3.63) is 64.7 Å². The molecule has 1 aliphatic rings. The first-order valence-electron chi connectivity index (χ1n) is 9.87. The third-order valence-electron chi connectivity index (χ3n) is 5.55. The van der Waals surface area contributed by atoms with Crippen LogP contribution in [-0.4, -0.2) is 23.2 Å². The number of hydrogen-bond acceptors (Lipinski definition) is 4. The largest absolute Gasteiger partial charge is 0.503 e. The summed E-state index contributed by atoms with van der Waals surface area (Å²) in [7, 11) is 0. The summed E-state index contributed by atoms with van der Waals surface area (Å²) in [6.45, 7) is 4.02. The second-order valence-corrected chi connectivity index (χ2v) is 7.67. The number of fused-ring (bicyclic) bond motifs is 5. The van der Waals surface area contributed by atoms with Gasteiger partial charge >= 0.3 is 0 Å². The molecule has 0 atom stereocenters. The van der Waals surface area contributed by atoms with Crippen molar-refractivity contribution in [2.45, 2.75) is 19.9 Å². The number of aromatic nitrogens is 1. The molecule has 0 amide bonds. The van der Waals surface area contributed by atoms with E-state index in [0.717, 1.165) is 36.3 Å². The summed E-state index contributed by atoms with van der Waals surface area (Å²) in [5, 5.41) is 17.7. The molecule has 1 aromatic heterocycles. The molecule has 0 fully saturated rings. The van der Waals surface area contributed by atoms with Crippen LogP contribution in [0, 0.1) is 0 Å². The Morgan fingerprint density at radius 3 is 2.86 bits per heavy atom. The molecule has 29 heavy (non-hydrogen) atoms. The predicted molar refractivity (Wildman–Crippen MR) is 118 cm³/mol. The number of nitrogens with one attached hydrogen (secondary N) is 1. The van der Waals surface area contributed by atoms with Crippen LogP contribution >= 0.6 is 11.6 Å². The maximum Gasteiger partial charge on any atom is 0.176 e. The molecule has 5 heteroatoms. The van der Waals surface area contributed by atoms with Gasteiger partial charge in [0.25, 0.3) is 0 Å². The van der Waals surface area contributed by atoms with Crippen LogP contribution < -0.4 is 10.1 Å². The maximum absolute atomic E-state index is 10.2. The van der Waals surface area contributed by atoms with Crippen molar-refractivity contribution >= 4 is 33.3 Å². The van der Waals surface area contributed by atoms with E-state index in [2.05, 4.69) is 41.7 Å². The van der Waals surface area contributed by atoms with E-state index < -0.39 is 0 Å². The van der Waals surface area contributed by atoms with Gasteiger partial charge in [-0.2, -0.15) is 0 Å². The minimum atomic E-state index is -0.0314. The number of nitrogens with zero attached hydrogens (tertiary/aromatic N) is 1. The number of pyridine rings is 1. The van der Waals surface area contributed by atoms with E-state index in [-0.39, 0.29) is 10.8 Å². The molecule has 5 rings (SSSR count). The second-order valence-electron chi connectivity index (χ2n) is 7.26. The van der Waals surface area contributed by atoms with Crippen LogP contribution in [0.25, 0.3) is 32.9 Å². The first kappa shape index (κ1) is 18.2. The quantitative estimate of drug-likeness (QED) is 0.445. The molecule has 0 saturated heterocycles. The number of aromatic hydroxyl groups is 1. The summed E-state index contributed by atoms with van der Waals surface area (Å²) < 4.78 is 5.59. The Kier molecular flexibility index (Phi) is 4.53. The van der Waals surface area contributed by atoms with Crippen LogP contribution in [0.1, 0.15) is 18.1 Å². The Morgan fingerprint density at radius 2 is 2.00 bits per heavy atom. The summed E-state index contributed by atoms with van der Waals surface area (Å²) in [6.07, 6.45) is 0.944. The van der Waals surface area contributed by atoms with Gasteiger partial charge in [-0.25, -0.2) is 4.98 Å². The molecule has 0 bridgehead atoms. The maximum atomic E-state index is 10.2. The van der Waals surface area contributed by atoms with Crippen molar-refractivity contribution in [3.8, 4) is 22.8 Å². The summed E-state index contributed by atoms with van der Waals surface area (Å²) in [6, 6.07) is 16.3. The zero-order chi connectivity index (χ0) is 20.0. The number of phenolic OH excluding ortho intramolecular Hbond substituents is 1. The van der Waals surface area contributed by atoms with Crippen LogP contribution in [0.3, 0.4) is 0 Å². The molecule has 146 valence electrons. The van der Waals surface area contributed by atoms with Crippen molar-refractivity contribution in [1.82, 2.24) is 10.3 Å². The van der Waals surface area contributed by atoms with Gasteiger partial charge in [0.2, 0.25) is 0 Å². The molecule has 4 aromatic rings. The van der Waals surface area contributed by atoms with Gasteiger partial charge < -0.3 is 15.2 Å². The van der Waals surface area contributed by atoms with Gasteiger partial charge in [-0.1, -0.05) is 41.9 Å². The lowest BCUT2D eigenvalue weighted by molar-refractivity contribution is 0.318. The second kappa shape index (κ2) is 7.21. The molecular weight excluding hydrogens is 384 g/mol. The lowest BCUT2D eigenvalue weighted by Gasteiger charge is -2.23. The Balaban J connectivity index is 1.83. The fourth-order valence-electron chi connectivity index (χ4n) is 4.26. The number of hydrogen-bond donors (Lipinski definition) is 2. The van der Waals surface area contributed by atoms with Crippen LogP contribution in [0.15, 0.2) is 48.5 Å². The minimum Gasteiger partial charge on any atom is -0.503 e. The highest BCUT2D eigenvalue weighted by Crippen LogP contribution is 2.41. The van der Waals surface area contributed by atoms with Crippen LogP contribution in [-0.2, 0) is 13.0 Å². The Bertz CT molecular complexity index is 1250. The van der Waals surface area contributed by atoms with E-state index >= 15 is 0 Å². The van der Waals surface area contributed by atoms with Gasteiger partial charge in [-0.3, -0.25) is 0 Å². The Hall–Kier alpha value is -2.82. The third-order valence-corrected chi connectivity index (χ3v) is 5.83. The predicted octanol–water partition coefficient (Wildman–Crippen LogP) is 5.46. The normalized spacial score (nSPS) is 13.6. The van der Waals surface area contributed by atoms with Gasteiger partial charge in [0, 0.05) is 17.5 Å². The number of ether oxygens (including phenoxy) is 1. The first-order chi connectivity index (χ1) is 14.2. The average molecular weight is 405 g/mol. The molecule has 0 spiro atoms. The van der Waals surface area contributed by atoms with E-state index in [4.69, 9.17) is 21.3 Å². The molecule has 3 aromatic carbocycles. The van der Waals surface area contributed by atoms with Gasteiger partial charge in [0.15, 0.2) is 11.5 Å². The zero-order valence-corrected chi connectivity index (χ0v) is 16.9. The molecule has 4 nitrogen and oxygen atoms in total. The average Bonchev–Trinajstić information content (AvgIpc) is 2.76. The van der Waals surface area contributed by atoms with E-state index in [0.29, 0.717) is 12.4 Å². The van der Waals surface area contributed by atoms with E-state index in [9.17, 15) is 5.11 Å². The van der Waals surface area contributed by atoms with Crippen LogP contribution in [0.2, 0.25) is 5.02 Å². The van der Waals surface area contributed by atoms with Crippen molar-refractivity contribution in [2.24, 2.45) is 0 Å². The Morgan fingerprint density at radius 1 is 1.14 bits per heavy atom. The Labute approximate surface area is 174 Å².